The maximum Gasteiger partial charge on any atom is 1.00 e. The van der Waals surface area contributed by atoms with Crippen molar-refractivity contribution in [2.75, 3.05) is 0 Å². The second kappa shape index (κ2) is 10.1. The summed E-state index contributed by atoms with van der Waals surface area (Å²) in [6.07, 6.45) is 0. The summed E-state index contributed by atoms with van der Waals surface area (Å²) in [5.74, 6) is -0.196. The molecule has 27 heavy (non-hydrogen) atoms. The molecule has 0 bridgehead atoms. The fourth-order valence-electron chi connectivity index (χ4n) is 2.26. The van der Waals surface area contributed by atoms with Crippen LogP contribution in [0.2, 0.25) is 0 Å². The molecule has 0 aliphatic heterocycles. The summed E-state index contributed by atoms with van der Waals surface area (Å²) in [5.41, 5.74) is 1.03. The third-order valence-electron chi connectivity index (χ3n) is 3.55. The van der Waals surface area contributed by atoms with Gasteiger partial charge in [-0.15, -0.1) is 0 Å². The van der Waals surface area contributed by atoms with E-state index in [9.17, 15) is 25.9 Å². The van der Waals surface area contributed by atoms with Gasteiger partial charge in [-0.2, -0.15) is 0 Å². The molecule has 0 unspecified atom stereocenters. The normalized spacial score (nSPS) is 11.7. The minimum Gasteiger partial charge on any atom is -0.716 e. The average Bonchev–Trinajstić information content (AvgIpc) is 2.45. The van der Waals surface area contributed by atoms with Gasteiger partial charge in [0.25, 0.3) is 20.8 Å². The fourth-order valence-corrected chi connectivity index (χ4v) is 2.95. The molecule has 0 aromatic heterocycles. The Hall–Kier alpha value is -0.140. The molecule has 0 spiro atoms. The molecule has 0 heterocycles. The quantitative estimate of drug-likeness (QED) is 0.248. The van der Waals surface area contributed by atoms with E-state index in [1.165, 1.54) is 24.3 Å². The van der Waals surface area contributed by atoms with Crippen LogP contribution in [0.5, 0.6) is 11.5 Å². The minimum atomic E-state index is -4.84. The Bertz CT molecular complexity index is 874. The van der Waals surface area contributed by atoms with Crippen molar-refractivity contribution < 1.29 is 93.4 Å². The summed E-state index contributed by atoms with van der Waals surface area (Å²) in [5, 5.41) is 0. The second-order valence-electron chi connectivity index (χ2n) is 5.66. The van der Waals surface area contributed by atoms with Crippen molar-refractivity contribution in [3.8, 4) is 11.5 Å². The van der Waals surface area contributed by atoms with Gasteiger partial charge >= 0.3 is 59.1 Å². The summed E-state index contributed by atoms with van der Waals surface area (Å²) in [6.45, 7) is 3.76. The molecule has 136 valence electrons. The van der Waals surface area contributed by atoms with Crippen molar-refractivity contribution in [2.24, 2.45) is 0 Å². The Morgan fingerprint density at radius 1 is 0.667 bits per heavy atom. The second-order valence-corrected chi connectivity index (χ2v) is 7.62. The van der Waals surface area contributed by atoms with E-state index in [4.69, 9.17) is 0 Å². The first-order valence-corrected chi connectivity index (χ1v) is 9.55. The van der Waals surface area contributed by atoms with Crippen molar-refractivity contribution >= 4 is 20.8 Å². The third kappa shape index (κ3) is 8.40. The number of rotatable bonds is 6. The van der Waals surface area contributed by atoms with Gasteiger partial charge in [-0.3, -0.25) is 0 Å². The standard InChI is InChI=1S/C15H16O8S2.2Na/c1-15(2,11-3-7-13(8-4-11)22-24(16,17)18)12-5-9-14(10-6-12)23-25(19,20)21;;/h3-10H,1-2H3,(H,16,17,18)(H,19,20,21);;/q;2*+1/p-2/i3+1,4+1,5+1,6+1,7+1,8+1,9+1,10+1,11+1,12+1,13+1,14+1;;. The Morgan fingerprint density at radius 3 is 1.15 bits per heavy atom. The van der Waals surface area contributed by atoms with E-state index in [1.807, 2.05) is 13.8 Å². The molecule has 0 saturated carbocycles. The predicted molar refractivity (Wildman–Crippen MR) is 85.7 cm³/mol. The first-order chi connectivity index (χ1) is 11.4. The molecule has 0 amide bonds. The van der Waals surface area contributed by atoms with Crippen LogP contribution in [0, 0.1) is 0 Å². The topological polar surface area (TPSA) is 133 Å². The van der Waals surface area contributed by atoms with Gasteiger partial charge in [-0.1, -0.05) is 38.1 Å². The molecule has 0 saturated heterocycles. The van der Waals surface area contributed by atoms with Gasteiger partial charge in [0.1, 0.15) is 11.5 Å². The minimum absolute atomic E-state index is 0. The first-order valence-electron chi connectivity index (χ1n) is 6.88. The number of benzene rings is 2. The molecule has 0 atom stereocenters. The molecule has 2 rings (SSSR count). The monoisotopic (exact) mass is 444 g/mol. The SMILES string of the molecule is CC(C)([13c]1[13cH][13cH][13c](OS(=O)(=O)[O-])[13cH][13cH]1)[13c]1[13cH][13cH][13c](OS(=O)(=O)[O-])[13cH][13cH]1.[Na+].[Na+]. The molecular weight excluding hydrogens is 430 g/mol. The van der Waals surface area contributed by atoms with Crippen LogP contribution < -0.4 is 67.5 Å². The fraction of sp³-hybridized carbons (Fsp3) is 0.200. The van der Waals surface area contributed by atoms with Crippen LogP contribution in [0.15, 0.2) is 48.5 Å². The summed E-state index contributed by atoms with van der Waals surface area (Å²) < 4.78 is 72.0. The van der Waals surface area contributed by atoms with Crippen LogP contribution in [-0.4, -0.2) is 25.9 Å². The molecule has 0 N–H and O–H groups in total. The third-order valence-corrected chi connectivity index (χ3v) is 4.34. The van der Waals surface area contributed by atoms with Crippen molar-refractivity contribution in [1.82, 2.24) is 0 Å². The first kappa shape index (κ1) is 26.9. The van der Waals surface area contributed by atoms with Gasteiger partial charge < -0.3 is 17.5 Å². The maximum absolute atomic E-state index is 10.6. The predicted octanol–water partition coefficient (Wildman–Crippen LogP) is -4.30. The Balaban J connectivity index is 0.00000338. The molecule has 12 heteroatoms. The van der Waals surface area contributed by atoms with E-state index in [1.54, 1.807) is 24.3 Å². The van der Waals surface area contributed by atoms with Crippen LogP contribution in [0.3, 0.4) is 0 Å². The van der Waals surface area contributed by atoms with Crippen molar-refractivity contribution in [1.29, 1.82) is 0 Å². The van der Waals surface area contributed by atoms with E-state index in [0.29, 0.717) is 0 Å². The van der Waals surface area contributed by atoms with Gasteiger partial charge in [0.05, 0.1) is 0 Å². The molecular formula is C15H14Na2O8S2. The smallest absolute Gasteiger partial charge is 0.716 e. The molecule has 0 aliphatic carbocycles. The van der Waals surface area contributed by atoms with Crippen molar-refractivity contribution in [3.63, 3.8) is 0 Å². The maximum atomic E-state index is 10.6. The van der Waals surface area contributed by atoms with Crippen LogP contribution in [-0.2, 0) is 26.2 Å². The van der Waals surface area contributed by atoms with E-state index >= 15 is 0 Å². The van der Waals surface area contributed by atoms with Crippen molar-refractivity contribution in [3.05, 3.63) is 59.7 Å². The van der Waals surface area contributed by atoms with E-state index in [0.717, 1.165) is 11.1 Å². The Kier molecular flexibility index (Phi) is 10.0. The molecule has 2 aromatic carbocycles. The van der Waals surface area contributed by atoms with E-state index in [2.05, 4.69) is 8.37 Å². The zero-order valence-electron chi connectivity index (χ0n) is 15.2. The van der Waals surface area contributed by atoms with Crippen LogP contribution in [0.25, 0.3) is 0 Å². The van der Waals surface area contributed by atoms with Gasteiger partial charge in [0, 0.05) is 5.41 Å². The molecule has 2 aromatic rings. The number of hydrogen-bond donors (Lipinski definition) is 0. The van der Waals surface area contributed by atoms with Gasteiger partial charge in [0.15, 0.2) is 0 Å². The summed E-state index contributed by atoms with van der Waals surface area (Å²) in [6, 6.07) is 11.8. The van der Waals surface area contributed by atoms with Gasteiger partial charge in [-0.25, -0.2) is 16.8 Å². The van der Waals surface area contributed by atoms with Crippen LogP contribution in [0.1, 0.15) is 25.0 Å². The molecule has 8 nitrogen and oxygen atoms in total. The zero-order valence-corrected chi connectivity index (χ0v) is 20.8. The Morgan fingerprint density at radius 2 is 0.926 bits per heavy atom. The van der Waals surface area contributed by atoms with Gasteiger partial charge in [0.2, 0.25) is 0 Å². The van der Waals surface area contributed by atoms with Crippen LogP contribution >= 0.6 is 0 Å². The van der Waals surface area contributed by atoms with E-state index in [-0.39, 0.29) is 70.6 Å². The summed E-state index contributed by atoms with van der Waals surface area (Å²) in [4.78, 5) is 0. The molecule has 0 fully saturated rings. The van der Waals surface area contributed by atoms with E-state index < -0.39 is 26.2 Å². The molecule has 0 aliphatic rings. The van der Waals surface area contributed by atoms with Crippen molar-refractivity contribution in [2.45, 2.75) is 19.3 Å². The summed E-state index contributed by atoms with van der Waals surface area (Å²) >= 11 is 0. The van der Waals surface area contributed by atoms with Gasteiger partial charge in [-0.05, 0) is 35.4 Å². The number of hydrogen-bond acceptors (Lipinski definition) is 8. The largest absolute Gasteiger partial charge is 1.00 e. The van der Waals surface area contributed by atoms with Crippen LogP contribution in [0.4, 0.5) is 0 Å². The average molecular weight is 444 g/mol. The Labute approximate surface area is 202 Å². The summed E-state index contributed by atoms with van der Waals surface area (Å²) in [7, 11) is -9.67. The molecule has 0 radical (unpaired) electrons. The zero-order chi connectivity index (χ0) is 18.9.